The second-order valence-electron chi connectivity index (χ2n) is 7.30. The zero-order valence-corrected chi connectivity index (χ0v) is 18.6. The first-order chi connectivity index (χ1) is 14.8. The summed E-state index contributed by atoms with van der Waals surface area (Å²) in [5.74, 6) is 0.951. The first-order valence-corrected chi connectivity index (χ1v) is 11.6. The fraction of sp³-hybridized carbons (Fsp3) is 0.409. The van der Waals surface area contributed by atoms with Gasteiger partial charge in [-0.05, 0) is 61.4 Å². The predicted molar refractivity (Wildman–Crippen MR) is 116 cm³/mol. The largest absolute Gasteiger partial charge is 0.492 e. The van der Waals surface area contributed by atoms with E-state index < -0.39 is 10.0 Å². The molecule has 168 valence electrons. The number of sulfonamides is 1. The van der Waals surface area contributed by atoms with Gasteiger partial charge in [0.2, 0.25) is 10.0 Å². The van der Waals surface area contributed by atoms with Crippen LogP contribution in [0.1, 0.15) is 11.1 Å². The van der Waals surface area contributed by atoms with E-state index in [-0.39, 0.29) is 24.0 Å². The molecule has 0 bridgehead atoms. The topological polar surface area (TPSA) is 94.2 Å². The fourth-order valence-electron chi connectivity index (χ4n) is 3.22. The highest BCUT2D eigenvalue weighted by molar-refractivity contribution is 7.89. The molecule has 9 heteroatoms. The van der Waals surface area contributed by atoms with Crippen molar-refractivity contribution in [3.8, 4) is 11.5 Å². The van der Waals surface area contributed by atoms with Crippen molar-refractivity contribution in [2.45, 2.75) is 18.7 Å². The zero-order valence-electron chi connectivity index (χ0n) is 17.8. The van der Waals surface area contributed by atoms with Crippen LogP contribution in [0.25, 0.3) is 0 Å². The monoisotopic (exact) mass is 448 g/mol. The summed E-state index contributed by atoms with van der Waals surface area (Å²) in [6, 6.07) is 12.1. The van der Waals surface area contributed by atoms with Crippen LogP contribution in [-0.4, -0.2) is 64.7 Å². The minimum atomic E-state index is -3.52. The Morgan fingerprint density at radius 3 is 2.29 bits per heavy atom. The van der Waals surface area contributed by atoms with E-state index in [2.05, 4.69) is 5.32 Å². The van der Waals surface area contributed by atoms with Crippen LogP contribution >= 0.6 is 0 Å². The quantitative estimate of drug-likeness (QED) is 0.589. The highest BCUT2D eigenvalue weighted by Gasteiger charge is 2.26. The van der Waals surface area contributed by atoms with E-state index in [9.17, 15) is 13.2 Å². The van der Waals surface area contributed by atoms with Crippen molar-refractivity contribution in [3.63, 3.8) is 0 Å². The van der Waals surface area contributed by atoms with Crippen molar-refractivity contribution in [1.29, 1.82) is 0 Å². The van der Waals surface area contributed by atoms with Gasteiger partial charge in [0.25, 0.3) is 5.91 Å². The lowest BCUT2D eigenvalue weighted by molar-refractivity contribution is -0.123. The number of ether oxygens (including phenoxy) is 3. The van der Waals surface area contributed by atoms with Crippen molar-refractivity contribution < 1.29 is 27.4 Å². The van der Waals surface area contributed by atoms with Crippen LogP contribution in [0.2, 0.25) is 0 Å². The molecule has 1 aliphatic rings. The number of morpholine rings is 1. The molecule has 8 nitrogen and oxygen atoms in total. The molecule has 0 aliphatic carbocycles. The predicted octanol–water partition coefficient (Wildman–Crippen LogP) is 1.90. The standard InChI is InChI=1S/C22H28N2O6S/c1-17-13-18(2)15-20(14-17)30-16-22(25)23-7-10-29-19-3-5-21(6-4-19)31(26,27)24-8-11-28-12-9-24/h3-6,13-15H,7-12,16H2,1-2H3,(H,23,25). The maximum atomic E-state index is 12.6. The third-order valence-corrected chi connectivity index (χ3v) is 6.60. The minimum Gasteiger partial charge on any atom is -0.492 e. The third-order valence-electron chi connectivity index (χ3n) is 4.69. The maximum absolute atomic E-state index is 12.6. The van der Waals surface area contributed by atoms with Gasteiger partial charge in [0.05, 0.1) is 24.7 Å². The smallest absolute Gasteiger partial charge is 0.258 e. The first-order valence-electron chi connectivity index (χ1n) is 10.1. The lowest BCUT2D eigenvalue weighted by Crippen LogP contribution is -2.40. The molecule has 2 aromatic rings. The van der Waals surface area contributed by atoms with Gasteiger partial charge in [0.1, 0.15) is 18.1 Å². The van der Waals surface area contributed by atoms with Crippen LogP contribution in [0.5, 0.6) is 11.5 Å². The molecule has 0 radical (unpaired) electrons. The molecule has 31 heavy (non-hydrogen) atoms. The highest BCUT2D eigenvalue weighted by Crippen LogP contribution is 2.20. The highest BCUT2D eigenvalue weighted by atomic mass is 32.2. The summed E-state index contributed by atoms with van der Waals surface area (Å²) < 4.78 is 42.9. The zero-order chi connectivity index (χ0) is 22.3. The van der Waals surface area contributed by atoms with Crippen molar-refractivity contribution >= 4 is 15.9 Å². The number of nitrogens with one attached hydrogen (secondary N) is 1. The second kappa shape index (κ2) is 10.6. The number of benzene rings is 2. The Balaban J connectivity index is 1.40. The van der Waals surface area contributed by atoms with Gasteiger partial charge >= 0.3 is 0 Å². The normalized spacial score (nSPS) is 14.8. The molecule has 1 N–H and O–H groups in total. The lowest BCUT2D eigenvalue weighted by atomic mass is 10.1. The summed E-state index contributed by atoms with van der Waals surface area (Å²) in [4.78, 5) is 12.2. The van der Waals surface area contributed by atoms with E-state index in [1.165, 1.54) is 16.4 Å². The Hall–Kier alpha value is -2.62. The SMILES string of the molecule is Cc1cc(C)cc(OCC(=O)NCCOc2ccc(S(=O)(=O)N3CCOCC3)cc2)c1. The number of rotatable bonds is 9. The van der Waals surface area contributed by atoms with E-state index in [4.69, 9.17) is 14.2 Å². The van der Waals surface area contributed by atoms with Crippen molar-refractivity contribution in [1.82, 2.24) is 9.62 Å². The van der Waals surface area contributed by atoms with Gasteiger partial charge in [-0.15, -0.1) is 0 Å². The van der Waals surface area contributed by atoms with Gasteiger partial charge < -0.3 is 19.5 Å². The molecule has 2 aromatic carbocycles. The van der Waals surface area contributed by atoms with Crippen molar-refractivity contribution in [3.05, 3.63) is 53.6 Å². The molecule has 1 aliphatic heterocycles. The van der Waals surface area contributed by atoms with Gasteiger partial charge in [-0.25, -0.2) is 8.42 Å². The maximum Gasteiger partial charge on any atom is 0.258 e. The summed E-state index contributed by atoms with van der Waals surface area (Å²) in [6.07, 6.45) is 0. The van der Waals surface area contributed by atoms with E-state index in [0.29, 0.717) is 44.3 Å². The van der Waals surface area contributed by atoms with Gasteiger partial charge in [-0.2, -0.15) is 4.31 Å². The van der Waals surface area contributed by atoms with Crippen LogP contribution < -0.4 is 14.8 Å². The lowest BCUT2D eigenvalue weighted by Gasteiger charge is -2.26. The summed E-state index contributed by atoms with van der Waals surface area (Å²) in [7, 11) is -3.52. The molecule has 1 amide bonds. The van der Waals surface area contributed by atoms with Crippen LogP contribution in [0.3, 0.4) is 0 Å². The molecule has 0 unspecified atom stereocenters. The Labute approximate surface area is 183 Å². The molecule has 0 spiro atoms. The molecule has 1 heterocycles. The second-order valence-corrected chi connectivity index (χ2v) is 9.24. The number of nitrogens with zero attached hydrogens (tertiary/aromatic N) is 1. The Bertz CT molecular complexity index is 965. The molecule has 1 saturated heterocycles. The number of hydrogen-bond acceptors (Lipinski definition) is 6. The Kier molecular flexibility index (Phi) is 7.89. The van der Waals surface area contributed by atoms with Gasteiger partial charge in [0.15, 0.2) is 6.61 Å². The number of carbonyl (C=O) groups is 1. The molecular weight excluding hydrogens is 420 g/mol. The van der Waals surface area contributed by atoms with Gasteiger partial charge in [-0.1, -0.05) is 6.07 Å². The van der Waals surface area contributed by atoms with E-state index in [1.807, 2.05) is 32.0 Å². The average molecular weight is 449 g/mol. The molecule has 0 aromatic heterocycles. The van der Waals surface area contributed by atoms with Gasteiger partial charge in [-0.3, -0.25) is 4.79 Å². The first kappa shape index (κ1) is 23.1. The van der Waals surface area contributed by atoms with E-state index >= 15 is 0 Å². The van der Waals surface area contributed by atoms with E-state index in [0.717, 1.165) is 11.1 Å². The molecule has 0 saturated carbocycles. The summed E-state index contributed by atoms with van der Waals surface area (Å²) >= 11 is 0. The summed E-state index contributed by atoms with van der Waals surface area (Å²) in [5.41, 5.74) is 2.15. The average Bonchev–Trinajstić information content (AvgIpc) is 2.75. The fourth-order valence-corrected chi connectivity index (χ4v) is 4.63. The van der Waals surface area contributed by atoms with Crippen molar-refractivity contribution in [2.24, 2.45) is 0 Å². The third kappa shape index (κ3) is 6.68. The van der Waals surface area contributed by atoms with Crippen molar-refractivity contribution in [2.75, 3.05) is 46.1 Å². The van der Waals surface area contributed by atoms with E-state index in [1.54, 1.807) is 12.1 Å². The molecule has 3 rings (SSSR count). The van der Waals surface area contributed by atoms with Gasteiger partial charge in [0, 0.05) is 13.1 Å². The van der Waals surface area contributed by atoms with Crippen LogP contribution in [0.4, 0.5) is 0 Å². The number of hydrogen-bond donors (Lipinski definition) is 1. The Morgan fingerprint density at radius 2 is 1.65 bits per heavy atom. The number of amides is 1. The molecular formula is C22H28N2O6S. The van der Waals surface area contributed by atoms with Crippen LogP contribution in [0.15, 0.2) is 47.4 Å². The summed E-state index contributed by atoms with van der Waals surface area (Å²) in [5, 5.41) is 2.73. The number of aryl methyl sites for hydroxylation is 2. The molecule has 0 atom stereocenters. The van der Waals surface area contributed by atoms with Crippen LogP contribution in [-0.2, 0) is 19.6 Å². The minimum absolute atomic E-state index is 0.0724. The summed E-state index contributed by atoms with van der Waals surface area (Å²) in [6.45, 7) is 5.96. The Morgan fingerprint density at radius 1 is 1.00 bits per heavy atom. The number of carbonyl (C=O) groups excluding carboxylic acids is 1. The molecule has 1 fully saturated rings. The van der Waals surface area contributed by atoms with Crippen LogP contribution in [0, 0.1) is 13.8 Å².